The summed E-state index contributed by atoms with van der Waals surface area (Å²) in [5.74, 6) is 1.25. The molecule has 4 aromatic carbocycles. The molecule has 1 atom stereocenters. The lowest BCUT2D eigenvalue weighted by atomic mass is 10.1. The molecular weight excluding hydrogens is 407 g/mol. The third kappa shape index (κ3) is 5.48. The van der Waals surface area contributed by atoms with E-state index in [4.69, 9.17) is 13.6 Å². The van der Waals surface area contributed by atoms with Gasteiger partial charge in [-0.15, -0.1) is 0 Å². The maximum absolute atomic E-state index is 13.7. The van der Waals surface area contributed by atoms with Gasteiger partial charge in [0.2, 0.25) is 0 Å². The summed E-state index contributed by atoms with van der Waals surface area (Å²) in [6, 6.07) is 28.2. The predicted octanol–water partition coefficient (Wildman–Crippen LogP) is 7.75. The fourth-order valence-corrected chi connectivity index (χ4v) is 4.52. The molecule has 0 bridgehead atoms. The van der Waals surface area contributed by atoms with Gasteiger partial charge in [-0.2, -0.15) is 4.57 Å². The van der Waals surface area contributed by atoms with Crippen molar-refractivity contribution in [3.05, 3.63) is 102 Å². The lowest BCUT2D eigenvalue weighted by molar-refractivity contribution is 0.298. The molecule has 0 aliphatic rings. The first-order valence-corrected chi connectivity index (χ1v) is 11.8. The van der Waals surface area contributed by atoms with E-state index in [1.165, 1.54) is 5.56 Å². The van der Waals surface area contributed by atoms with Gasteiger partial charge in [0.05, 0.1) is 0 Å². The van der Waals surface area contributed by atoms with E-state index in [0.717, 1.165) is 29.2 Å². The molecule has 0 aliphatic carbocycles. The standard InChI is InChI=1S/C26H25O4P/c1-3-6-21-11-16-25(17-12-21)29-31(27,28-24-14-9-20(2)10-15-24)30-26-18-13-22-7-4-5-8-23(22)19-26/h4-5,7-19H,3,6H2,1-2H3. The van der Waals surface area contributed by atoms with Gasteiger partial charge in [-0.1, -0.05) is 73.5 Å². The highest BCUT2D eigenvalue weighted by Gasteiger charge is 2.33. The Kier molecular flexibility index (Phi) is 6.29. The van der Waals surface area contributed by atoms with Crippen molar-refractivity contribution in [2.24, 2.45) is 0 Å². The van der Waals surface area contributed by atoms with Crippen LogP contribution < -0.4 is 13.6 Å². The maximum atomic E-state index is 13.7. The summed E-state index contributed by atoms with van der Waals surface area (Å²) < 4.78 is 31.1. The van der Waals surface area contributed by atoms with Crippen LogP contribution in [0.3, 0.4) is 0 Å². The van der Waals surface area contributed by atoms with Crippen molar-refractivity contribution in [2.45, 2.75) is 26.7 Å². The molecule has 0 heterocycles. The molecule has 5 heteroatoms. The SMILES string of the molecule is CCCc1ccc(OP(=O)(Oc2ccc(C)cc2)Oc2ccc3ccccc3c2)cc1. The van der Waals surface area contributed by atoms with Crippen LogP contribution in [0, 0.1) is 6.92 Å². The average Bonchev–Trinajstić information content (AvgIpc) is 2.77. The summed E-state index contributed by atoms with van der Waals surface area (Å²) in [4.78, 5) is 0. The Morgan fingerprint density at radius 2 is 1.23 bits per heavy atom. The zero-order chi connectivity index (χ0) is 21.7. The number of aryl methyl sites for hydroxylation is 2. The number of phosphoric acid groups is 1. The molecule has 0 spiro atoms. The number of hydrogen-bond donors (Lipinski definition) is 0. The van der Waals surface area contributed by atoms with Crippen LogP contribution in [0.2, 0.25) is 0 Å². The molecular formula is C26H25O4P. The van der Waals surface area contributed by atoms with Crippen molar-refractivity contribution in [1.82, 2.24) is 0 Å². The summed E-state index contributed by atoms with van der Waals surface area (Å²) >= 11 is 0. The molecule has 0 saturated carbocycles. The quantitative estimate of drug-likeness (QED) is 0.267. The number of benzene rings is 4. The van der Waals surface area contributed by atoms with Crippen LogP contribution in [0.1, 0.15) is 24.5 Å². The largest absolute Gasteiger partial charge is 0.647 e. The van der Waals surface area contributed by atoms with E-state index in [9.17, 15) is 4.57 Å². The Hall–Kier alpha value is -3.23. The van der Waals surface area contributed by atoms with Crippen LogP contribution in [0.4, 0.5) is 0 Å². The molecule has 158 valence electrons. The smallest absolute Gasteiger partial charge is 0.386 e. The predicted molar refractivity (Wildman–Crippen MR) is 125 cm³/mol. The number of hydrogen-bond acceptors (Lipinski definition) is 4. The Morgan fingerprint density at radius 3 is 1.87 bits per heavy atom. The zero-order valence-electron chi connectivity index (χ0n) is 17.7. The molecule has 0 amide bonds. The topological polar surface area (TPSA) is 44.8 Å². The van der Waals surface area contributed by atoms with Crippen LogP contribution in [-0.4, -0.2) is 0 Å². The summed E-state index contributed by atoms with van der Waals surface area (Å²) in [6.45, 7) is 4.11. The minimum absolute atomic E-state index is 0.414. The second-order valence-corrected chi connectivity index (χ2v) is 8.88. The molecule has 31 heavy (non-hydrogen) atoms. The summed E-state index contributed by atoms with van der Waals surface area (Å²) in [5.41, 5.74) is 2.27. The van der Waals surface area contributed by atoms with E-state index >= 15 is 0 Å². The van der Waals surface area contributed by atoms with Crippen molar-refractivity contribution in [2.75, 3.05) is 0 Å². The maximum Gasteiger partial charge on any atom is 0.647 e. The molecule has 4 nitrogen and oxygen atoms in total. The van der Waals surface area contributed by atoms with Crippen LogP contribution in [0.25, 0.3) is 10.8 Å². The van der Waals surface area contributed by atoms with Crippen molar-refractivity contribution in [3.8, 4) is 17.2 Å². The van der Waals surface area contributed by atoms with Gasteiger partial charge in [-0.25, -0.2) is 0 Å². The van der Waals surface area contributed by atoms with Gasteiger partial charge < -0.3 is 13.6 Å². The Bertz CT molecular complexity index is 1200. The van der Waals surface area contributed by atoms with E-state index in [-0.39, 0.29) is 0 Å². The second kappa shape index (κ2) is 9.28. The molecule has 4 aromatic rings. The van der Waals surface area contributed by atoms with Gasteiger partial charge in [0.15, 0.2) is 0 Å². The first-order valence-electron chi connectivity index (χ1n) is 10.4. The number of phosphoric ester groups is 1. The van der Waals surface area contributed by atoms with Crippen LogP contribution >= 0.6 is 7.82 Å². The molecule has 0 saturated heterocycles. The first kappa shape index (κ1) is 21.0. The third-order valence-electron chi connectivity index (χ3n) is 4.86. The lowest BCUT2D eigenvalue weighted by Crippen LogP contribution is -2.07. The first-order chi connectivity index (χ1) is 15.0. The van der Waals surface area contributed by atoms with Gasteiger partial charge in [0.1, 0.15) is 17.2 Å². The van der Waals surface area contributed by atoms with Crippen molar-refractivity contribution in [1.29, 1.82) is 0 Å². The van der Waals surface area contributed by atoms with Gasteiger partial charge in [0.25, 0.3) is 0 Å². The molecule has 0 aromatic heterocycles. The van der Waals surface area contributed by atoms with Crippen molar-refractivity contribution < 1.29 is 18.1 Å². The van der Waals surface area contributed by atoms with Crippen LogP contribution in [0.15, 0.2) is 91.0 Å². The van der Waals surface area contributed by atoms with Crippen molar-refractivity contribution in [3.63, 3.8) is 0 Å². The van der Waals surface area contributed by atoms with Crippen LogP contribution in [-0.2, 0) is 11.0 Å². The van der Waals surface area contributed by atoms with Gasteiger partial charge in [0, 0.05) is 0 Å². The summed E-state index contributed by atoms with van der Waals surface area (Å²) in [6.07, 6.45) is 2.03. The summed E-state index contributed by atoms with van der Waals surface area (Å²) in [5, 5.41) is 2.04. The third-order valence-corrected chi connectivity index (χ3v) is 6.16. The number of fused-ring (bicyclic) bond motifs is 1. The molecule has 4 rings (SSSR count). The fourth-order valence-electron chi connectivity index (χ4n) is 3.27. The van der Waals surface area contributed by atoms with E-state index in [1.807, 2.05) is 67.6 Å². The van der Waals surface area contributed by atoms with Gasteiger partial charge in [-0.3, -0.25) is 0 Å². The molecule has 0 fully saturated rings. The van der Waals surface area contributed by atoms with Gasteiger partial charge >= 0.3 is 7.82 Å². The highest BCUT2D eigenvalue weighted by atomic mass is 31.2. The molecule has 0 radical (unpaired) electrons. The highest BCUT2D eigenvalue weighted by Crippen LogP contribution is 2.50. The Labute approximate surface area is 183 Å². The van der Waals surface area contributed by atoms with Crippen molar-refractivity contribution >= 4 is 18.6 Å². The van der Waals surface area contributed by atoms with Gasteiger partial charge in [-0.05, 0) is 66.1 Å². The van der Waals surface area contributed by atoms with Crippen LogP contribution in [0.5, 0.6) is 17.2 Å². The molecule has 0 N–H and O–H groups in total. The zero-order valence-corrected chi connectivity index (χ0v) is 18.5. The fraction of sp³-hybridized carbons (Fsp3) is 0.154. The van der Waals surface area contributed by atoms with E-state index in [0.29, 0.717) is 17.2 Å². The Balaban J connectivity index is 1.63. The van der Waals surface area contributed by atoms with E-state index in [1.54, 1.807) is 30.3 Å². The molecule has 1 unspecified atom stereocenters. The second-order valence-electron chi connectivity index (χ2n) is 7.44. The highest BCUT2D eigenvalue weighted by molar-refractivity contribution is 7.49. The summed E-state index contributed by atoms with van der Waals surface area (Å²) in [7, 11) is -4.01. The average molecular weight is 432 g/mol. The minimum Gasteiger partial charge on any atom is -0.386 e. The normalized spacial score (nSPS) is 12.8. The number of rotatable bonds is 8. The Morgan fingerprint density at radius 1 is 0.677 bits per heavy atom. The molecule has 0 aliphatic heterocycles. The lowest BCUT2D eigenvalue weighted by Gasteiger charge is -2.20. The van der Waals surface area contributed by atoms with E-state index < -0.39 is 7.82 Å². The minimum atomic E-state index is -4.01. The monoisotopic (exact) mass is 432 g/mol. The van der Waals surface area contributed by atoms with E-state index in [2.05, 4.69) is 6.92 Å².